The molecule has 1 aromatic heterocycles. The number of hydrogen-bond acceptors (Lipinski definition) is 4. The number of nitrogens with two attached hydrogens (primary N) is 1. The summed E-state index contributed by atoms with van der Waals surface area (Å²) in [5.74, 6) is 0. The van der Waals surface area contributed by atoms with Crippen molar-refractivity contribution in [1.29, 1.82) is 0 Å². The number of pyridine rings is 1. The molecule has 2 heterocycles. The van der Waals surface area contributed by atoms with Crippen molar-refractivity contribution < 1.29 is 4.74 Å². The Morgan fingerprint density at radius 2 is 2.47 bits per heavy atom. The number of ether oxygens (including phenoxy) is 1. The molecule has 0 aromatic carbocycles. The summed E-state index contributed by atoms with van der Waals surface area (Å²) in [5, 5.41) is 3.47. The second-order valence-corrected chi connectivity index (χ2v) is 4.30. The highest BCUT2D eigenvalue weighted by Crippen LogP contribution is 2.17. The van der Waals surface area contributed by atoms with Gasteiger partial charge in [-0.1, -0.05) is 0 Å². The van der Waals surface area contributed by atoms with Gasteiger partial charge >= 0.3 is 0 Å². The zero-order chi connectivity index (χ0) is 10.7. The van der Waals surface area contributed by atoms with Crippen molar-refractivity contribution in [3.8, 4) is 0 Å². The van der Waals surface area contributed by atoms with E-state index in [1.807, 2.05) is 12.1 Å². The maximum atomic E-state index is 5.57. The van der Waals surface area contributed by atoms with Gasteiger partial charge in [0.25, 0.3) is 0 Å². The van der Waals surface area contributed by atoms with Gasteiger partial charge in [0.1, 0.15) is 0 Å². The van der Waals surface area contributed by atoms with Gasteiger partial charge in [-0.05, 0) is 25.5 Å². The van der Waals surface area contributed by atoms with Crippen LogP contribution in [0.15, 0.2) is 18.3 Å². The molecule has 15 heavy (non-hydrogen) atoms. The second kappa shape index (κ2) is 4.16. The van der Waals surface area contributed by atoms with E-state index in [2.05, 4.69) is 17.2 Å². The van der Waals surface area contributed by atoms with Gasteiger partial charge in [-0.15, -0.1) is 0 Å². The molecule has 1 aliphatic heterocycles. The van der Waals surface area contributed by atoms with Crippen molar-refractivity contribution in [2.24, 2.45) is 0 Å². The molecule has 1 aromatic rings. The molecular formula is C11H17N3O. The van der Waals surface area contributed by atoms with Crippen molar-refractivity contribution in [2.75, 3.05) is 18.9 Å². The lowest BCUT2D eigenvalue weighted by molar-refractivity contribution is 0.171. The first kappa shape index (κ1) is 10.4. The van der Waals surface area contributed by atoms with Crippen LogP contribution in [0.3, 0.4) is 0 Å². The Kier molecular flexibility index (Phi) is 2.88. The number of anilines is 1. The van der Waals surface area contributed by atoms with Crippen LogP contribution in [0.25, 0.3) is 0 Å². The van der Waals surface area contributed by atoms with Crippen molar-refractivity contribution in [3.05, 3.63) is 24.0 Å². The van der Waals surface area contributed by atoms with E-state index in [1.165, 1.54) is 0 Å². The van der Waals surface area contributed by atoms with Crippen LogP contribution in [0.2, 0.25) is 0 Å². The van der Waals surface area contributed by atoms with E-state index in [0.29, 0.717) is 5.69 Å². The van der Waals surface area contributed by atoms with E-state index < -0.39 is 0 Å². The number of aromatic nitrogens is 1. The number of nitrogens with one attached hydrogen (secondary N) is 1. The van der Waals surface area contributed by atoms with E-state index in [1.54, 1.807) is 6.20 Å². The minimum Gasteiger partial charge on any atom is -0.397 e. The molecule has 0 aliphatic carbocycles. The molecule has 1 unspecified atom stereocenters. The zero-order valence-electron chi connectivity index (χ0n) is 8.99. The highest BCUT2D eigenvalue weighted by molar-refractivity contribution is 5.34. The molecule has 82 valence electrons. The van der Waals surface area contributed by atoms with Crippen LogP contribution in [-0.2, 0) is 11.3 Å². The average Bonchev–Trinajstić information content (AvgIpc) is 2.65. The Labute approximate surface area is 89.8 Å². The fraction of sp³-hybridized carbons (Fsp3) is 0.545. The van der Waals surface area contributed by atoms with Crippen LogP contribution in [-0.4, -0.2) is 23.7 Å². The van der Waals surface area contributed by atoms with Gasteiger partial charge < -0.3 is 15.8 Å². The van der Waals surface area contributed by atoms with Gasteiger partial charge in [-0.2, -0.15) is 0 Å². The molecule has 4 heteroatoms. The molecule has 0 radical (unpaired) electrons. The molecule has 3 N–H and O–H groups in total. The average molecular weight is 207 g/mol. The van der Waals surface area contributed by atoms with E-state index in [4.69, 9.17) is 10.5 Å². The molecule has 1 atom stereocenters. The molecule has 1 saturated heterocycles. The minimum atomic E-state index is 0.100. The van der Waals surface area contributed by atoms with Crippen LogP contribution in [0, 0.1) is 0 Å². The zero-order valence-corrected chi connectivity index (χ0v) is 8.99. The van der Waals surface area contributed by atoms with Crippen LogP contribution >= 0.6 is 0 Å². The lowest BCUT2D eigenvalue weighted by atomic mass is 10.0. The molecule has 0 amide bonds. The first-order valence-electron chi connectivity index (χ1n) is 5.21. The monoisotopic (exact) mass is 207 g/mol. The van der Waals surface area contributed by atoms with E-state index in [9.17, 15) is 0 Å². The third-order valence-corrected chi connectivity index (χ3v) is 2.76. The summed E-state index contributed by atoms with van der Waals surface area (Å²) < 4.78 is 5.36. The number of rotatable bonds is 3. The van der Waals surface area contributed by atoms with Gasteiger partial charge in [-0.3, -0.25) is 4.98 Å². The number of hydrogen-bond donors (Lipinski definition) is 2. The van der Waals surface area contributed by atoms with Gasteiger partial charge in [0.2, 0.25) is 0 Å². The fourth-order valence-electron chi connectivity index (χ4n) is 1.65. The summed E-state index contributed by atoms with van der Waals surface area (Å²) in [5.41, 5.74) is 7.38. The topological polar surface area (TPSA) is 60.2 Å². The Hall–Kier alpha value is -1.13. The van der Waals surface area contributed by atoms with Crippen LogP contribution in [0.1, 0.15) is 19.0 Å². The standard InChI is InChI=1S/C11H17N3O/c1-11(4-5-15-8-11)14-7-10-3-2-9(12)6-13-10/h2-3,6,14H,4-5,7-8,12H2,1H3. The molecule has 4 nitrogen and oxygen atoms in total. The largest absolute Gasteiger partial charge is 0.397 e. The Morgan fingerprint density at radius 1 is 1.60 bits per heavy atom. The van der Waals surface area contributed by atoms with Crippen LogP contribution < -0.4 is 11.1 Å². The maximum Gasteiger partial charge on any atom is 0.0646 e. The van der Waals surface area contributed by atoms with Crippen molar-refractivity contribution >= 4 is 5.69 Å². The second-order valence-electron chi connectivity index (χ2n) is 4.30. The van der Waals surface area contributed by atoms with Crippen molar-refractivity contribution in [3.63, 3.8) is 0 Å². The smallest absolute Gasteiger partial charge is 0.0646 e. The summed E-state index contributed by atoms with van der Waals surface area (Å²) in [6.07, 6.45) is 2.74. The Bertz CT molecular complexity index is 317. The van der Waals surface area contributed by atoms with E-state index in [0.717, 1.165) is 31.9 Å². The Balaban J connectivity index is 1.90. The van der Waals surface area contributed by atoms with Crippen molar-refractivity contribution in [2.45, 2.75) is 25.4 Å². The third kappa shape index (κ3) is 2.67. The van der Waals surface area contributed by atoms with Gasteiger partial charge in [0.15, 0.2) is 0 Å². The molecule has 1 aliphatic rings. The Morgan fingerprint density at radius 3 is 3.07 bits per heavy atom. The molecule has 0 bridgehead atoms. The maximum absolute atomic E-state index is 5.57. The van der Waals surface area contributed by atoms with Crippen LogP contribution in [0.4, 0.5) is 5.69 Å². The van der Waals surface area contributed by atoms with E-state index in [-0.39, 0.29) is 5.54 Å². The quantitative estimate of drug-likeness (QED) is 0.774. The molecular weight excluding hydrogens is 190 g/mol. The highest BCUT2D eigenvalue weighted by Gasteiger charge is 2.28. The summed E-state index contributed by atoms with van der Waals surface area (Å²) in [7, 11) is 0. The number of nitrogens with zero attached hydrogens (tertiary/aromatic N) is 1. The lowest BCUT2D eigenvalue weighted by Crippen LogP contribution is -2.42. The highest BCUT2D eigenvalue weighted by atomic mass is 16.5. The summed E-state index contributed by atoms with van der Waals surface area (Å²) in [4.78, 5) is 4.24. The summed E-state index contributed by atoms with van der Waals surface area (Å²) >= 11 is 0. The normalized spacial score (nSPS) is 25.7. The van der Waals surface area contributed by atoms with Gasteiger partial charge in [0.05, 0.1) is 24.2 Å². The first-order valence-corrected chi connectivity index (χ1v) is 5.21. The molecule has 1 fully saturated rings. The number of nitrogen functional groups attached to an aromatic ring is 1. The third-order valence-electron chi connectivity index (χ3n) is 2.76. The fourth-order valence-corrected chi connectivity index (χ4v) is 1.65. The van der Waals surface area contributed by atoms with Crippen LogP contribution in [0.5, 0.6) is 0 Å². The molecule has 2 rings (SSSR count). The van der Waals surface area contributed by atoms with Crippen molar-refractivity contribution in [1.82, 2.24) is 10.3 Å². The lowest BCUT2D eigenvalue weighted by Gasteiger charge is -2.23. The minimum absolute atomic E-state index is 0.100. The predicted octanol–water partition coefficient (Wildman–Crippen LogP) is 0.932. The van der Waals surface area contributed by atoms with Gasteiger partial charge in [-0.25, -0.2) is 0 Å². The first-order chi connectivity index (χ1) is 7.18. The SMILES string of the molecule is CC1(NCc2ccc(N)cn2)CCOC1. The molecule has 0 saturated carbocycles. The predicted molar refractivity (Wildman–Crippen MR) is 59.3 cm³/mol. The summed E-state index contributed by atoms with van der Waals surface area (Å²) in [6, 6.07) is 3.82. The molecule has 0 spiro atoms. The summed E-state index contributed by atoms with van der Waals surface area (Å²) in [6.45, 7) is 4.57. The van der Waals surface area contributed by atoms with Gasteiger partial charge in [0, 0.05) is 18.7 Å². The van der Waals surface area contributed by atoms with E-state index >= 15 is 0 Å².